The van der Waals surface area contributed by atoms with Crippen LogP contribution in [0.5, 0.6) is 11.5 Å². The second-order valence-electron chi connectivity index (χ2n) is 4.66. The predicted molar refractivity (Wildman–Crippen MR) is 80.0 cm³/mol. The van der Waals surface area contributed by atoms with Gasteiger partial charge in [0, 0.05) is 6.42 Å². The number of carboxylic acids is 1. The van der Waals surface area contributed by atoms with E-state index in [1.807, 2.05) is 24.3 Å². The lowest BCUT2D eigenvalue weighted by Crippen LogP contribution is -2.02. The van der Waals surface area contributed by atoms with Crippen LogP contribution in [0.15, 0.2) is 48.5 Å². The van der Waals surface area contributed by atoms with Crippen molar-refractivity contribution in [1.82, 2.24) is 0 Å². The molecule has 0 aliphatic carbocycles. The summed E-state index contributed by atoms with van der Waals surface area (Å²) in [7, 11) is 1.64. The third kappa shape index (κ3) is 4.84. The third-order valence-corrected chi connectivity index (χ3v) is 3.10. The molecule has 0 bridgehead atoms. The van der Waals surface area contributed by atoms with Crippen LogP contribution in [0.1, 0.15) is 11.1 Å². The van der Waals surface area contributed by atoms with Gasteiger partial charge < -0.3 is 14.6 Å². The van der Waals surface area contributed by atoms with Gasteiger partial charge in [-0.1, -0.05) is 24.3 Å². The fourth-order valence-electron chi connectivity index (χ4n) is 1.96. The molecule has 4 nitrogen and oxygen atoms in total. The zero-order valence-corrected chi connectivity index (χ0v) is 11.9. The van der Waals surface area contributed by atoms with E-state index in [2.05, 4.69) is 0 Å². The van der Waals surface area contributed by atoms with Gasteiger partial charge in [-0.2, -0.15) is 0 Å². The van der Waals surface area contributed by atoms with Gasteiger partial charge in [0.1, 0.15) is 11.5 Å². The molecule has 0 aliphatic rings. The molecule has 0 fully saturated rings. The fraction of sp³-hybridized carbons (Fsp3) is 0.235. The van der Waals surface area contributed by atoms with Crippen molar-refractivity contribution < 1.29 is 19.4 Å². The van der Waals surface area contributed by atoms with Crippen molar-refractivity contribution in [3.05, 3.63) is 59.7 Å². The maximum atomic E-state index is 10.6. The van der Waals surface area contributed by atoms with Gasteiger partial charge in [0.2, 0.25) is 0 Å². The summed E-state index contributed by atoms with van der Waals surface area (Å²) in [4.78, 5) is 10.6. The molecule has 1 N–H and O–H groups in total. The molecule has 0 unspecified atom stereocenters. The largest absolute Gasteiger partial charge is 0.497 e. The average Bonchev–Trinajstić information content (AvgIpc) is 2.49. The molecule has 0 saturated carbocycles. The van der Waals surface area contributed by atoms with Gasteiger partial charge in [0.15, 0.2) is 0 Å². The van der Waals surface area contributed by atoms with E-state index >= 15 is 0 Å². The molecular weight excluding hydrogens is 268 g/mol. The Morgan fingerprint density at radius 2 is 1.52 bits per heavy atom. The van der Waals surface area contributed by atoms with E-state index in [0.717, 1.165) is 23.5 Å². The van der Waals surface area contributed by atoms with Crippen LogP contribution in [0.25, 0.3) is 0 Å². The summed E-state index contributed by atoms with van der Waals surface area (Å²) in [5.74, 6) is 0.759. The molecular formula is C17H18O4. The SMILES string of the molecule is COc1ccc(CCOc2ccc(CC(=O)O)cc2)cc1. The second-order valence-corrected chi connectivity index (χ2v) is 4.66. The first kappa shape index (κ1) is 14.9. The highest BCUT2D eigenvalue weighted by Gasteiger charge is 2.01. The van der Waals surface area contributed by atoms with E-state index < -0.39 is 5.97 Å². The number of methoxy groups -OCH3 is 1. The molecule has 4 heteroatoms. The van der Waals surface area contributed by atoms with E-state index in [4.69, 9.17) is 14.6 Å². The van der Waals surface area contributed by atoms with Crippen molar-refractivity contribution >= 4 is 5.97 Å². The molecule has 2 rings (SSSR count). The molecule has 2 aromatic rings. The minimum atomic E-state index is -0.830. The van der Waals surface area contributed by atoms with Crippen LogP contribution < -0.4 is 9.47 Å². The summed E-state index contributed by atoms with van der Waals surface area (Å²) in [6.07, 6.45) is 0.840. The van der Waals surface area contributed by atoms with Gasteiger partial charge in [-0.25, -0.2) is 0 Å². The van der Waals surface area contributed by atoms with Crippen LogP contribution >= 0.6 is 0 Å². The Kier molecular flexibility index (Phi) is 5.21. The Labute approximate surface area is 123 Å². The summed E-state index contributed by atoms with van der Waals surface area (Å²) in [5, 5.41) is 8.70. The maximum Gasteiger partial charge on any atom is 0.307 e. The van der Waals surface area contributed by atoms with Crippen molar-refractivity contribution in [2.24, 2.45) is 0 Å². The number of rotatable bonds is 7. The first-order chi connectivity index (χ1) is 10.2. The fourth-order valence-corrected chi connectivity index (χ4v) is 1.96. The van der Waals surface area contributed by atoms with Gasteiger partial charge in [0.05, 0.1) is 20.1 Å². The molecule has 110 valence electrons. The number of ether oxygens (including phenoxy) is 2. The lowest BCUT2D eigenvalue weighted by Gasteiger charge is -2.07. The number of hydrogen-bond acceptors (Lipinski definition) is 3. The quantitative estimate of drug-likeness (QED) is 0.850. The minimum absolute atomic E-state index is 0.0339. The number of hydrogen-bond donors (Lipinski definition) is 1. The first-order valence-electron chi connectivity index (χ1n) is 6.74. The van der Waals surface area contributed by atoms with Crippen LogP contribution in [0.4, 0.5) is 0 Å². The number of benzene rings is 2. The molecule has 0 radical (unpaired) electrons. The second kappa shape index (κ2) is 7.33. The standard InChI is InChI=1S/C17H18O4/c1-20-15-6-2-13(3-7-15)10-11-21-16-8-4-14(5-9-16)12-17(18)19/h2-9H,10-12H2,1H3,(H,18,19). The minimum Gasteiger partial charge on any atom is -0.497 e. The smallest absolute Gasteiger partial charge is 0.307 e. The van der Waals surface area contributed by atoms with Crippen molar-refractivity contribution in [2.75, 3.05) is 13.7 Å². The molecule has 0 aliphatic heterocycles. The zero-order valence-electron chi connectivity index (χ0n) is 11.9. The summed E-state index contributed by atoms with van der Waals surface area (Å²) < 4.78 is 10.8. The summed E-state index contributed by atoms with van der Waals surface area (Å²) in [5.41, 5.74) is 1.95. The van der Waals surface area contributed by atoms with Gasteiger partial charge in [-0.15, -0.1) is 0 Å². The Bertz CT molecular complexity index is 573. The van der Waals surface area contributed by atoms with Gasteiger partial charge in [0.25, 0.3) is 0 Å². The molecule has 0 atom stereocenters. The third-order valence-electron chi connectivity index (χ3n) is 3.10. The van der Waals surface area contributed by atoms with Crippen molar-refractivity contribution in [1.29, 1.82) is 0 Å². The number of carboxylic acid groups (broad SMARTS) is 1. The molecule has 2 aromatic carbocycles. The van der Waals surface area contributed by atoms with E-state index in [0.29, 0.717) is 6.61 Å². The topological polar surface area (TPSA) is 55.8 Å². The number of aliphatic carboxylic acids is 1. The Morgan fingerprint density at radius 1 is 0.952 bits per heavy atom. The Morgan fingerprint density at radius 3 is 2.10 bits per heavy atom. The molecule has 0 amide bonds. The van der Waals surface area contributed by atoms with Crippen LogP contribution in [0.3, 0.4) is 0 Å². The molecule has 0 saturated heterocycles. The van der Waals surface area contributed by atoms with Crippen LogP contribution in [0, 0.1) is 0 Å². The van der Waals surface area contributed by atoms with Crippen molar-refractivity contribution in [3.63, 3.8) is 0 Å². The highest BCUT2D eigenvalue weighted by Crippen LogP contribution is 2.15. The highest BCUT2D eigenvalue weighted by atomic mass is 16.5. The van der Waals surface area contributed by atoms with Gasteiger partial charge in [-0.3, -0.25) is 4.79 Å². The monoisotopic (exact) mass is 286 g/mol. The molecule has 0 aromatic heterocycles. The van der Waals surface area contributed by atoms with Gasteiger partial charge in [-0.05, 0) is 35.4 Å². The lowest BCUT2D eigenvalue weighted by molar-refractivity contribution is -0.136. The van der Waals surface area contributed by atoms with E-state index in [1.165, 1.54) is 5.56 Å². The summed E-state index contributed by atoms with van der Waals surface area (Å²) in [6, 6.07) is 15.0. The normalized spacial score (nSPS) is 10.1. The predicted octanol–water partition coefficient (Wildman–Crippen LogP) is 2.94. The van der Waals surface area contributed by atoms with Crippen molar-refractivity contribution in [3.8, 4) is 11.5 Å². The van der Waals surface area contributed by atoms with E-state index in [9.17, 15) is 4.79 Å². The molecule has 0 heterocycles. The van der Waals surface area contributed by atoms with E-state index in [-0.39, 0.29) is 6.42 Å². The Balaban J connectivity index is 1.81. The highest BCUT2D eigenvalue weighted by molar-refractivity contribution is 5.70. The maximum absolute atomic E-state index is 10.6. The lowest BCUT2D eigenvalue weighted by atomic mass is 10.1. The van der Waals surface area contributed by atoms with Crippen molar-refractivity contribution in [2.45, 2.75) is 12.8 Å². The summed E-state index contributed by atoms with van der Waals surface area (Å²) in [6.45, 7) is 0.574. The zero-order chi connectivity index (χ0) is 15.1. The van der Waals surface area contributed by atoms with Crippen LogP contribution in [-0.4, -0.2) is 24.8 Å². The summed E-state index contributed by atoms with van der Waals surface area (Å²) >= 11 is 0. The first-order valence-corrected chi connectivity index (χ1v) is 6.74. The molecule has 21 heavy (non-hydrogen) atoms. The van der Waals surface area contributed by atoms with Crippen LogP contribution in [-0.2, 0) is 17.6 Å². The average molecular weight is 286 g/mol. The Hall–Kier alpha value is -2.49. The van der Waals surface area contributed by atoms with Crippen LogP contribution in [0.2, 0.25) is 0 Å². The van der Waals surface area contributed by atoms with E-state index in [1.54, 1.807) is 31.4 Å². The molecule has 0 spiro atoms. The van der Waals surface area contributed by atoms with Gasteiger partial charge >= 0.3 is 5.97 Å². The number of carbonyl (C=O) groups is 1.